The first kappa shape index (κ1) is 86.1. The van der Waals surface area contributed by atoms with E-state index in [9.17, 15) is 43.2 Å². The van der Waals surface area contributed by atoms with Crippen molar-refractivity contribution in [2.45, 2.75) is 380 Å². The molecular weight excluding hydrogens is 1160 g/mol. The number of carbonyl (C=O) groups excluding carboxylic acids is 4. The monoisotopic (exact) mass is 1300 g/mol. The summed E-state index contributed by atoms with van der Waals surface area (Å²) >= 11 is 0. The van der Waals surface area contributed by atoms with Crippen LogP contribution in [0.2, 0.25) is 0 Å². The Balaban J connectivity index is 5.24. The fourth-order valence-corrected chi connectivity index (χ4v) is 12.1. The van der Waals surface area contributed by atoms with E-state index < -0.39 is 97.5 Å². The minimum atomic E-state index is -4.95. The number of rotatable bonds is 70. The molecule has 17 nitrogen and oxygen atoms in total. The molecule has 5 atom stereocenters. The minimum Gasteiger partial charge on any atom is -0.462 e. The number of aliphatic hydroxyl groups excluding tert-OH is 1. The summed E-state index contributed by atoms with van der Waals surface area (Å²) in [6, 6.07) is 0. The summed E-state index contributed by atoms with van der Waals surface area (Å²) in [4.78, 5) is 72.5. The van der Waals surface area contributed by atoms with Crippen LogP contribution in [-0.4, -0.2) is 96.7 Å². The van der Waals surface area contributed by atoms with Crippen LogP contribution in [0.5, 0.6) is 0 Å². The average Bonchev–Trinajstić information content (AvgIpc) is 3.58. The topological polar surface area (TPSA) is 237 Å². The highest BCUT2D eigenvalue weighted by Gasteiger charge is 2.30. The van der Waals surface area contributed by atoms with Crippen LogP contribution < -0.4 is 0 Å². The van der Waals surface area contributed by atoms with Gasteiger partial charge in [-0.1, -0.05) is 310 Å². The molecule has 19 heteroatoms. The van der Waals surface area contributed by atoms with Crippen LogP contribution >= 0.6 is 15.6 Å². The molecule has 0 aromatic heterocycles. The largest absolute Gasteiger partial charge is 0.472 e. The van der Waals surface area contributed by atoms with Crippen molar-refractivity contribution in [3.63, 3.8) is 0 Å². The van der Waals surface area contributed by atoms with Gasteiger partial charge in [-0.15, -0.1) is 0 Å². The van der Waals surface area contributed by atoms with Gasteiger partial charge in [-0.05, 0) is 25.7 Å². The maximum absolute atomic E-state index is 13.0. The predicted octanol–water partition coefficient (Wildman–Crippen LogP) is 19.9. The summed E-state index contributed by atoms with van der Waals surface area (Å²) in [7, 11) is -9.89. The molecular formula is C69H134O17P2. The highest BCUT2D eigenvalue weighted by Crippen LogP contribution is 2.45. The van der Waals surface area contributed by atoms with Crippen molar-refractivity contribution in [3.8, 4) is 0 Å². The van der Waals surface area contributed by atoms with Crippen LogP contribution in [0.3, 0.4) is 0 Å². The van der Waals surface area contributed by atoms with Crippen molar-refractivity contribution in [1.82, 2.24) is 0 Å². The Bertz CT molecular complexity index is 1690. The lowest BCUT2D eigenvalue weighted by molar-refractivity contribution is -0.161. The summed E-state index contributed by atoms with van der Waals surface area (Å²) in [6.45, 7) is 4.93. The Kier molecular flexibility index (Phi) is 62.4. The van der Waals surface area contributed by atoms with Gasteiger partial charge in [-0.25, -0.2) is 9.13 Å². The van der Waals surface area contributed by atoms with Crippen LogP contribution in [0, 0.1) is 0 Å². The number of phosphoric ester groups is 2. The summed E-state index contributed by atoms with van der Waals surface area (Å²) in [5.74, 6) is -2.12. The molecule has 0 bridgehead atoms. The summed E-state index contributed by atoms with van der Waals surface area (Å²) in [6.07, 6.45) is 51.1. The lowest BCUT2D eigenvalue weighted by atomic mass is 10.0. The molecule has 88 heavy (non-hydrogen) atoms. The summed E-state index contributed by atoms with van der Waals surface area (Å²) < 4.78 is 68.2. The molecule has 3 N–H and O–H groups in total. The van der Waals surface area contributed by atoms with Crippen LogP contribution in [0.4, 0.5) is 0 Å². The van der Waals surface area contributed by atoms with E-state index in [0.717, 1.165) is 89.9 Å². The molecule has 0 rings (SSSR count). The quantitative estimate of drug-likeness (QED) is 0.0222. The first-order valence-corrected chi connectivity index (χ1v) is 39.3. The van der Waals surface area contributed by atoms with E-state index in [1.165, 1.54) is 193 Å². The first-order chi connectivity index (χ1) is 42.7. The number of unbranched alkanes of at least 4 members (excludes halogenated alkanes) is 44. The number of aliphatic hydroxyl groups is 1. The van der Waals surface area contributed by atoms with Crippen LogP contribution in [-0.2, 0) is 65.4 Å². The summed E-state index contributed by atoms with van der Waals surface area (Å²) in [5, 5.41) is 10.6. The van der Waals surface area contributed by atoms with Gasteiger partial charge in [0.1, 0.15) is 19.3 Å². The second kappa shape index (κ2) is 63.8. The highest BCUT2D eigenvalue weighted by atomic mass is 31.2. The molecule has 0 amide bonds. The lowest BCUT2D eigenvalue weighted by Gasteiger charge is -2.21. The zero-order valence-corrected chi connectivity index (χ0v) is 58.5. The zero-order chi connectivity index (χ0) is 64.7. The van der Waals surface area contributed by atoms with Gasteiger partial charge in [0.2, 0.25) is 0 Å². The van der Waals surface area contributed by atoms with E-state index in [2.05, 4.69) is 27.7 Å². The second-order valence-corrected chi connectivity index (χ2v) is 27.8. The Morgan fingerprint density at radius 3 is 0.670 bits per heavy atom. The number of ether oxygens (including phenoxy) is 4. The predicted molar refractivity (Wildman–Crippen MR) is 354 cm³/mol. The Labute approximate surface area is 537 Å². The van der Waals surface area contributed by atoms with Gasteiger partial charge in [-0.3, -0.25) is 37.3 Å². The summed E-state index contributed by atoms with van der Waals surface area (Å²) in [5.41, 5.74) is 0. The first-order valence-electron chi connectivity index (χ1n) is 36.3. The highest BCUT2D eigenvalue weighted by molar-refractivity contribution is 7.47. The van der Waals surface area contributed by atoms with Crippen molar-refractivity contribution < 1.29 is 80.2 Å². The molecule has 0 saturated heterocycles. The Morgan fingerprint density at radius 1 is 0.273 bits per heavy atom. The van der Waals surface area contributed by atoms with Gasteiger partial charge in [0, 0.05) is 25.7 Å². The average molecular weight is 1300 g/mol. The van der Waals surface area contributed by atoms with E-state index in [1.54, 1.807) is 0 Å². The molecule has 0 spiro atoms. The van der Waals surface area contributed by atoms with Crippen molar-refractivity contribution >= 4 is 39.5 Å². The van der Waals surface area contributed by atoms with Crippen LogP contribution in [0.25, 0.3) is 0 Å². The van der Waals surface area contributed by atoms with Gasteiger partial charge >= 0.3 is 39.5 Å². The molecule has 0 fully saturated rings. The van der Waals surface area contributed by atoms with E-state index in [1.807, 2.05) is 0 Å². The molecule has 0 aromatic carbocycles. The van der Waals surface area contributed by atoms with Crippen LogP contribution in [0.1, 0.15) is 362 Å². The molecule has 522 valence electrons. The third kappa shape index (κ3) is 62.8. The van der Waals surface area contributed by atoms with Crippen molar-refractivity contribution in [3.05, 3.63) is 0 Å². The van der Waals surface area contributed by atoms with Gasteiger partial charge in [0.15, 0.2) is 12.2 Å². The molecule has 0 aliphatic heterocycles. The van der Waals surface area contributed by atoms with Gasteiger partial charge in [0.25, 0.3) is 0 Å². The third-order valence-corrected chi connectivity index (χ3v) is 18.0. The molecule has 0 heterocycles. The standard InChI is InChI=1S/C69H134O17P2/c1-5-9-13-17-21-25-29-31-33-36-40-44-48-52-56-69(74)86-65(60-80-67(72)54-50-46-42-38-35-32-30-26-22-18-14-10-6-2)62-84-88(77,78)82-58-63(70)57-81-87(75,76)83-61-64(59-79-66(71)53-49-45-41-37-28-24-20-16-12-8-4)85-68(73)55-51-47-43-39-34-27-23-19-15-11-7-3/h63-65,70H,5-62H2,1-4H3,(H,75,76)(H,77,78)/t63-,64+,65+/m0/s1. The second-order valence-electron chi connectivity index (χ2n) is 24.9. The third-order valence-electron chi connectivity index (χ3n) is 16.1. The normalized spacial score (nSPS) is 14.0. The number of carbonyl (C=O) groups is 4. The molecule has 2 unspecified atom stereocenters. The maximum atomic E-state index is 13.0. The van der Waals surface area contributed by atoms with Gasteiger partial charge in [-0.2, -0.15) is 0 Å². The zero-order valence-electron chi connectivity index (χ0n) is 56.7. The van der Waals surface area contributed by atoms with Gasteiger partial charge < -0.3 is 33.8 Å². The Hall–Kier alpha value is -1.94. The number of hydrogen-bond donors (Lipinski definition) is 3. The molecule has 0 aliphatic carbocycles. The smallest absolute Gasteiger partial charge is 0.462 e. The number of esters is 4. The van der Waals surface area contributed by atoms with Gasteiger partial charge in [0.05, 0.1) is 26.4 Å². The van der Waals surface area contributed by atoms with Crippen molar-refractivity contribution in [2.75, 3.05) is 39.6 Å². The lowest BCUT2D eigenvalue weighted by Crippen LogP contribution is -2.30. The van der Waals surface area contributed by atoms with E-state index in [-0.39, 0.29) is 25.7 Å². The SMILES string of the molecule is CCCCCCCCCCCCCCCCC(=O)O[C@H](COC(=O)CCCCCCCCCCCCCCC)COP(=O)(O)OC[C@@H](O)COP(=O)(O)OC[C@@H](COC(=O)CCCCCCCCCCCC)OC(=O)CCCCCCCCCCCCC. The number of phosphoric acid groups is 2. The fraction of sp³-hybridized carbons (Fsp3) is 0.942. The van der Waals surface area contributed by atoms with E-state index >= 15 is 0 Å². The van der Waals surface area contributed by atoms with E-state index in [4.69, 9.17) is 37.0 Å². The van der Waals surface area contributed by atoms with Crippen molar-refractivity contribution in [2.24, 2.45) is 0 Å². The minimum absolute atomic E-state index is 0.107. The molecule has 0 saturated carbocycles. The molecule has 0 radical (unpaired) electrons. The number of hydrogen-bond acceptors (Lipinski definition) is 15. The van der Waals surface area contributed by atoms with E-state index in [0.29, 0.717) is 25.7 Å². The van der Waals surface area contributed by atoms with Crippen LogP contribution in [0.15, 0.2) is 0 Å². The molecule has 0 aromatic rings. The fourth-order valence-electron chi connectivity index (χ4n) is 10.5. The maximum Gasteiger partial charge on any atom is 0.472 e. The van der Waals surface area contributed by atoms with Crippen molar-refractivity contribution in [1.29, 1.82) is 0 Å². The molecule has 0 aliphatic rings. The Morgan fingerprint density at radius 2 is 0.455 bits per heavy atom.